The molecule has 31 heavy (non-hydrogen) atoms. The number of rotatable bonds is 7. The molecule has 1 aliphatic rings. The number of halogens is 1. The van der Waals surface area contributed by atoms with E-state index in [1.807, 2.05) is 19.3 Å². The molecule has 0 radical (unpaired) electrons. The number of H-pyrrole nitrogens is 1. The molecule has 1 saturated heterocycles. The van der Waals surface area contributed by atoms with Gasteiger partial charge in [-0.15, -0.1) is 24.0 Å². The van der Waals surface area contributed by atoms with Crippen LogP contribution in [0.2, 0.25) is 0 Å². The molecular formula is C24H33IN6. The van der Waals surface area contributed by atoms with Crippen LogP contribution >= 0.6 is 24.0 Å². The van der Waals surface area contributed by atoms with Gasteiger partial charge in [0.15, 0.2) is 5.96 Å². The van der Waals surface area contributed by atoms with E-state index in [9.17, 15) is 0 Å². The van der Waals surface area contributed by atoms with Crippen LogP contribution in [0.5, 0.6) is 0 Å². The average Bonchev–Trinajstić information content (AvgIpc) is 3.21. The zero-order valence-electron chi connectivity index (χ0n) is 18.2. The van der Waals surface area contributed by atoms with E-state index >= 15 is 0 Å². The van der Waals surface area contributed by atoms with Gasteiger partial charge in [-0.05, 0) is 49.4 Å². The van der Waals surface area contributed by atoms with Gasteiger partial charge >= 0.3 is 0 Å². The van der Waals surface area contributed by atoms with Crippen molar-refractivity contribution in [2.45, 2.75) is 38.3 Å². The third kappa shape index (κ3) is 6.67. The number of nitrogens with zero attached hydrogens (tertiary/aromatic N) is 3. The quantitative estimate of drug-likeness (QED) is 0.187. The summed E-state index contributed by atoms with van der Waals surface area (Å²) in [4.78, 5) is 14.7. The maximum absolute atomic E-state index is 4.44. The van der Waals surface area contributed by atoms with E-state index in [0.717, 1.165) is 63.5 Å². The maximum atomic E-state index is 4.44. The summed E-state index contributed by atoms with van der Waals surface area (Å²) in [5.74, 6) is 0.914. The lowest BCUT2D eigenvalue weighted by atomic mass is 10.0. The van der Waals surface area contributed by atoms with Crippen molar-refractivity contribution in [3.8, 4) is 0 Å². The summed E-state index contributed by atoms with van der Waals surface area (Å²) in [5.41, 5.74) is 3.75. The SMILES string of the molecule is CN=C(NCCCc1c[nH]c2ccccc12)NC1CCN(Cc2ccccn2)CC1.I. The molecule has 1 aromatic carbocycles. The van der Waals surface area contributed by atoms with Crippen LogP contribution in [0.1, 0.15) is 30.5 Å². The van der Waals surface area contributed by atoms with Gasteiger partial charge in [0, 0.05) is 62.6 Å². The molecule has 166 valence electrons. The normalized spacial score (nSPS) is 15.6. The Morgan fingerprint density at radius 3 is 2.74 bits per heavy atom. The summed E-state index contributed by atoms with van der Waals surface area (Å²) >= 11 is 0. The molecule has 4 rings (SSSR count). The van der Waals surface area contributed by atoms with Crippen LogP contribution in [0.25, 0.3) is 10.9 Å². The number of hydrogen-bond acceptors (Lipinski definition) is 3. The molecule has 3 aromatic rings. The molecule has 7 heteroatoms. The topological polar surface area (TPSA) is 68.3 Å². The van der Waals surface area contributed by atoms with Crippen molar-refractivity contribution in [1.29, 1.82) is 0 Å². The Morgan fingerprint density at radius 1 is 1.16 bits per heavy atom. The number of piperidine rings is 1. The first kappa shape index (κ1) is 23.5. The fraction of sp³-hybridized carbons (Fsp3) is 0.417. The third-order valence-electron chi connectivity index (χ3n) is 5.85. The number of guanidine groups is 1. The fourth-order valence-corrected chi connectivity index (χ4v) is 4.17. The highest BCUT2D eigenvalue weighted by atomic mass is 127. The summed E-state index contributed by atoms with van der Waals surface area (Å²) in [5, 5.41) is 8.42. The molecule has 3 heterocycles. The summed E-state index contributed by atoms with van der Waals surface area (Å²) in [7, 11) is 1.85. The predicted molar refractivity (Wildman–Crippen MR) is 139 cm³/mol. The van der Waals surface area contributed by atoms with Crippen molar-refractivity contribution in [2.24, 2.45) is 4.99 Å². The van der Waals surface area contributed by atoms with Gasteiger partial charge in [-0.3, -0.25) is 14.9 Å². The average molecular weight is 532 g/mol. The second kappa shape index (κ2) is 12.0. The molecule has 0 unspecified atom stereocenters. The lowest BCUT2D eigenvalue weighted by Gasteiger charge is -2.32. The number of aryl methyl sites for hydroxylation is 1. The van der Waals surface area contributed by atoms with Crippen LogP contribution in [-0.2, 0) is 13.0 Å². The number of hydrogen-bond donors (Lipinski definition) is 3. The summed E-state index contributed by atoms with van der Waals surface area (Å²) in [6.45, 7) is 4.03. The van der Waals surface area contributed by atoms with Gasteiger partial charge in [-0.1, -0.05) is 24.3 Å². The molecule has 2 aromatic heterocycles. The number of pyridine rings is 1. The van der Waals surface area contributed by atoms with Gasteiger partial charge in [-0.2, -0.15) is 0 Å². The Balaban J connectivity index is 0.00000272. The van der Waals surface area contributed by atoms with Crippen molar-refractivity contribution in [3.63, 3.8) is 0 Å². The lowest BCUT2D eigenvalue weighted by Crippen LogP contribution is -2.48. The van der Waals surface area contributed by atoms with Gasteiger partial charge in [0.05, 0.1) is 5.69 Å². The highest BCUT2D eigenvalue weighted by Gasteiger charge is 2.20. The Hall–Kier alpha value is -2.13. The molecule has 0 atom stereocenters. The van der Waals surface area contributed by atoms with Crippen LogP contribution in [-0.4, -0.2) is 53.6 Å². The molecule has 0 spiro atoms. The highest BCUT2D eigenvalue weighted by Crippen LogP contribution is 2.18. The zero-order chi connectivity index (χ0) is 20.6. The molecule has 0 aliphatic carbocycles. The first-order chi connectivity index (χ1) is 14.8. The highest BCUT2D eigenvalue weighted by molar-refractivity contribution is 14.0. The third-order valence-corrected chi connectivity index (χ3v) is 5.85. The van der Waals surface area contributed by atoms with E-state index in [2.05, 4.69) is 73.1 Å². The minimum atomic E-state index is 0. The van der Waals surface area contributed by atoms with Crippen LogP contribution in [0, 0.1) is 0 Å². The number of aromatic nitrogens is 2. The monoisotopic (exact) mass is 532 g/mol. The van der Waals surface area contributed by atoms with Gasteiger partial charge in [-0.25, -0.2) is 0 Å². The molecule has 3 N–H and O–H groups in total. The minimum absolute atomic E-state index is 0. The van der Waals surface area contributed by atoms with E-state index in [4.69, 9.17) is 0 Å². The van der Waals surface area contributed by atoms with E-state index < -0.39 is 0 Å². The molecular weight excluding hydrogens is 499 g/mol. The second-order valence-electron chi connectivity index (χ2n) is 7.98. The Kier molecular flexibility index (Phi) is 9.14. The standard InChI is InChI=1S/C24H32N6.HI/c1-25-24(27-14-6-7-19-17-28-23-10-3-2-9-22(19)23)29-20-11-15-30(16-12-20)18-21-8-4-5-13-26-21;/h2-5,8-10,13,17,20,28H,6-7,11-12,14-16,18H2,1H3,(H2,25,27,29);1H. The molecule has 1 aliphatic heterocycles. The summed E-state index contributed by atoms with van der Waals surface area (Å²) in [6, 6.07) is 15.1. The van der Waals surface area contributed by atoms with E-state index in [1.165, 1.54) is 16.5 Å². The van der Waals surface area contributed by atoms with E-state index in [1.54, 1.807) is 0 Å². The Bertz CT molecular complexity index is 947. The van der Waals surface area contributed by atoms with Gasteiger partial charge in [0.25, 0.3) is 0 Å². The lowest BCUT2D eigenvalue weighted by molar-refractivity contribution is 0.196. The van der Waals surface area contributed by atoms with E-state index in [0.29, 0.717) is 6.04 Å². The van der Waals surface area contributed by atoms with Crippen LogP contribution in [0.3, 0.4) is 0 Å². The Labute approximate surface area is 202 Å². The molecule has 1 fully saturated rings. The first-order valence-corrected chi connectivity index (χ1v) is 11.0. The predicted octanol–water partition coefficient (Wildman–Crippen LogP) is 3.94. The molecule has 0 bridgehead atoms. The zero-order valence-corrected chi connectivity index (χ0v) is 20.5. The number of aromatic amines is 1. The summed E-state index contributed by atoms with van der Waals surface area (Å²) < 4.78 is 0. The molecule has 0 amide bonds. The smallest absolute Gasteiger partial charge is 0.191 e. The van der Waals surface area contributed by atoms with Crippen molar-refractivity contribution in [3.05, 3.63) is 66.1 Å². The number of likely N-dealkylation sites (tertiary alicyclic amines) is 1. The number of aliphatic imine (C=N–C) groups is 1. The first-order valence-electron chi connectivity index (χ1n) is 11.0. The molecule has 0 saturated carbocycles. The fourth-order valence-electron chi connectivity index (χ4n) is 4.17. The van der Waals surface area contributed by atoms with Crippen molar-refractivity contribution < 1.29 is 0 Å². The van der Waals surface area contributed by atoms with E-state index in [-0.39, 0.29) is 24.0 Å². The van der Waals surface area contributed by atoms with Gasteiger partial charge < -0.3 is 15.6 Å². The van der Waals surface area contributed by atoms with Crippen LogP contribution < -0.4 is 10.6 Å². The number of nitrogens with one attached hydrogen (secondary N) is 3. The van der Waals surface area contributed by atoms with Crippen molar-refractivity contribution in [1.82, 2.24) is 25.5 Å². The number of fused-ring (bicyclic) bond motifs is 1. The number of benzene rings is 1. The van der Waals surface area contributed by atoms with Gasteiger partial charge in [0.2, 0.25) is 0 Å². The van der Waals surface area contributed by atoms with Crippen molar-refractivity contribution in [2.75, 3.05) is 26.7 Å². The Morgan fingerprint density at radius 2 is 1.97 bits per heavy atom. The van der Waals surface area contributed by atoms with Gasteiger partial charge in [0.1, 0.15) is 0 Å². The largest absolute Gasteiger partial charge is 0.361 e. The van der Waals surface area contributed by atoms with Crippen molar-refractivity contribution >= 4 is 40.8 Å². The maximum Gasteiger partial charge on any atom is 0.191 e. The molecule has 6 nitrogen and oxygen atoms in total. The number of para-hydroxylation sites is 1. The van der Waals surface area contributed by atoms with Crippen LogP contribution in [0.15, 0.2) is 59.9 Å². The van der Waals surface area contributed by atoms with Crippen LogP contribution in [0.4, 0.5) is 0 Å². The minimum Gasteiger partial charge on any atom is -0.361 e. The second-order valence-corrected chi connectivity index (χ2v) is 7.98. The summed E-state index contributed by atoms with van der Waals surface area (Å²) in [6.07, 6.45) is 8.39.